The molecule has 1 aromatic rings. The zero-order chi connectivity index (χ0) is 17.4. The van der Waals surface area contributed by atoms with E-state index in [0.717, 1.165) is 12.3 Å². The van der Waals surface area contributed by atoms with Crippen molar-refractivity contribution in [1.29, 1.82) is 0 Å². The first kappa shape index (κ1) is 17.3. The third-order valence-electron chi connectivity index (χ3n) is 4.01. The van der Waals surface area contributed by atoms with Crippen molar-refractivity contribution in [2.75, 3.05) is 6.54 Å². The number of amides is 1. The summed E-state index contributed by atoms with van der Waals surface area (Å²) in [7, 11) is 0. The molecule has 0 fully saturated rings. The number of hydrogen-bond donors (Lipinski definition) is 1. The summed E-state index contributed by atoms with van der Waals surface area (Å²) in [4.78, 5) is 16.4. The molecule has 1 N–H and O–H groups in total. The Bertz CT molecular complexity index is 633. The molecular formula is C16H19F3N2O2. The third-order valence-corrected chi connectivity index (χ3v) is 4.01. The normalized spacial score (nSPS) is 19.5. The molecule has 0 bridgehead atoms. The molecule has 0 radical (unpaired) electrons. The van der Waals surface area contributed by atoms with Crippen molar-refractivity contribution in [3.63, 3.8) is 0 Å². The van der Waals surface area contributed by atoms with Crippen molar-refractivity contribution in [3.8, 4) is 0 Å². The topological polar surface area (TPSA) is 53.4 Å². The van der Waals surface area contributed by atoms with E-state index in [2.05, 4.69) is 4.98 Å². The number of carboxylic acid groups (broad SMARTS) is 1. The minimum absolute atomic E-state index is 0.156. The number of alkyl halides is 3. The summed E-state index contributed by atoms with van der Waals surface area (Å²) in [6, 6.07) is 0.754. The number of halogens is 3. The predicted octanol–water partition coefficient (Wildman–Crippen LogP) is 4.28. The summed E-state index contributed by atoms with van der Waals surface area (Å²) in [6.07, 6.45) is -1.28. The Morgan fingerprint density at radius 2 is 1.96 bits per heavy atom. The fourth-order valence-electron chi connectivity index (χ4n) is 2.73. The molecule has 126 valence electrons. The van der Waals surface area contributed by atoms with Crippen LogP contribution in [-0.2, 0) is 6.18 Å². The maximum absolute atomic E-state index is 12.8. The van der Waals surface area contributed by atoms with E-state index < -0.39 is 17.8 Å². The van der Waals surface area contributed by atoms with Gasteiger partial charge in [0.1, 0.15) is 0 Å². The minimum Gasteiger partial charge on any atom is -0.465 e. The molecule has 0 saturated carbocycles. The van der Waals surface area contributed by atoms with Gasteiger partial charge in [0.15, 0.2) is 0 Å². The maximum atomic E-state index is 12.8. The van der Waals surface area contributed by atoms with Crippen molar-refractivity contribution in [2.24, 2.45) is 5.41 Å². The third kappa shape index (κ3) is 3.83. The molecule has 1 aliphatic heterocycles. The average molecular weight is 328 g/mol. The van der Waals surface area contributed by atoms with Crippen LogP contribution in [0.1, 0.15) is 38.3 Å². The van der Waals surface area contributed by atoms with Crippen LogP contribution >= 0.6 is 0 Å². The summed E-state index contributed by atoms with van der Waals surface area (Å²) in [5, 5.41) is 9.32. The number of pyridine rings is 1. The second kappa shape index (κ2) is 5.86. The molecule has 2 heterocycles. The largest absolute Gasteiger partial charge is 0.465 e. The maximum Gasteiger partial charge on any atom is 0.417 e. The Kier molecular flexibility index (Phi) is 4.41. The molecule has 0 aliphatic carbocycles. The van der Waals surface area contributed by atoms with Gasteiger partial charge in [-0.15, -0.1) is 0 Å². The van der Waals surface area contributed by atoms with Crippen molar-refractivity contribution < 1.29 is 23.1 Å². The van der Waals surface area contributed by atoms with Crippen LogP contribution in [0.2, 0.25) is 0 Å². The van der Waals surface area contributed by atoms with Gasteiger partial charge in [0, 0.05) is 25.0 Å². The van der Waals surface area contributed by atoms with Gasteiger partial charge in [-0.3, -0.25) is 4.98 Å². The molecule has 23 heavy (non-hydrogen) atoms. The summed E-state index contributed by atoms with van der Waals surface area (Å²) in [6.45, 7) is 5.91. The molecule has 1 aliphatic rings. The number of hydrogen-bond acceptors (Lipinski definition) is 2. The Hall–Kier alpha value is -2.05. The standard InChI is InChI=1S/C16H19F3N2O2/c1-15(2,3)13-7-10(4-5-21(13)14(22)23)11-6-12(9-20-8-11)16(17,18)19/h4,6,8-9,13H,5,7H2,1-3H3,(H,22,23). The van der Waals surface area contributed by atoms with Gasteiger partial charge in [0.2, 0.25) is 0 Å². The van der Waals surface area contributed by atoms with Crippen LogP contribution in [0.15, 0.2) is 24.5 Å². The quantitative estimate of drug-likeness (QED) is 0.837. The second-order valence-corrected chi connectivity index (χ2v) is 6.71. The Labute approximate surface area is 132 Å². The van der Waals surface area contributed by atoms with Crippen LogP contribution in [0, 0.1) is 5.41 Å². The number of carbonyl (C=O) groups is 1. The highest BCUT2D eigenvalue weighted by Gasteiger charge is 2.37. The van der Waals surface area contributed by atoms with E-state index >= 15 is 0 Å². The van der Waals surface area contributed by atoms with E-state index in [9.17, 15) is 23.1 Å². The van der Waals surface area contributed by atoms with Gasteiger partial charge in [-0.1, -0.05) is 26.8 Å². The molecule has 2 rings (SSSR count). The lowest BCUT2D eigenvalue weighted by Crippen LogP contribution is -2.48. The van der Waals surface area contributed by atoms with Gasteiger partial charge < -0.3 is 10.0 Å². The smallest absolute Gasteiger partial charge is 0.417 e. The van der Waals surface area contributed by atoms with Crippen LogP contribution in [0.25, 0.3) is 5.57 Å². The van der Waals surface area contributed by atoms with Gasteiger partial charge in [-0.2, -0.15) is 13.2 Å². The summed E-state index contributed by atoms with van der Waals surface area (Å²) >= 11 is 0. The second-order valence-electron chi connectivity index (χ2n) is 6.71. The molecule has 0 saturated heterocycles. The van der Waals surface area contributed by atoms with Gasteiger partial charge >= 0.3 is 12.3 Å². The van der Waals surface area contributed by atoms with E-state index in [1.165, 1.54) is 11.1 Å². The number of aromatic nitrogens is 1. The highest BCUT2D eigenvalue weighted by Crippen LogP contribution is 2.37. The highest BCUT2D eigenvalue weighted by molar-refractivity contribution is 5.72. The van der Waals surface area contributed by atoms with E-state index in [0.29, 0.717) is 17.6 Å². The number of nitrogens with zero attached hydrogens (tertiary/aromatic N) is 2. The Morgan fingerprint density at radius 3 is 2.48 bits per heavy atom. The first-order chi connectivity index (χ1) is 10.5. The van der Waals surface area contributed by atoms with E-state index in [-0.39, 0.29) is 18.0 Å². The fourth-order valence-corrected chi connectivity index (χ4v) is 2.73. The lowest BCUT2D eigenvalue weighted by molar-refractivity contribution is -0.137. The fraction of sp³-hybridized carbons (Fsp3) is 0.500. The van der Waals surface area contributed by atoms with E-state index in [1.54, 1.807) is 6.08 Å². The summed E-state index contributed by atoms with van der Waals surface area (Å²) in [5.41, 5.74) is -0.0449. The van der Waals surface area contributed by atoms with Gasteiger partial charge in [-0.25, -0.2) is 4.79 Å². The van der Waals surface area contributed by atoms with Crippen molar-refractivity contribution in [1.82, 2.24) is 9.88 Å². The molecule has 0 spiro atoms. The first-order valence-corrected chi connectivity index (χ1v) is 7.21. The van der Waals surface area contributed by atoms with Crippen LogP contribution in [-0.4, -0.2) is 33.7 Å². The SMILES string of the molecule is CC(C)(C)C1CC(c2cncc(C(F)(F)F)c2)=CCN1C(=O)O. The zero-order valence-electron chi connectivity index (χ0n) is 13.2. The molecule has 7 heteroatoms. The minimum atomic E-state index is -4.45. The zero-order valence-corrected chi connectivity index (χ0v) is 13.2. The molecule has 1 unspecified atom stereocenters. The molecule has 4 nitrogen and oxygen atoms in total. The van der Waals surface area contributed by atoms with Gasteiger partial charge in [0.05, 0.1) is 5.56 Å². The van der Waals surface area contributed by atoms with E-state index in [1.807, 2.05) is 20.8 Å². The van der Waals surface area contributed by atoms with Crippen LogP contribution in [0.5, 0.6) is 0 Å². The van der Waals surface area contributed by atoms with Gasteiger partial charge in [-0.05, 0) is 29.0 Å². The van der Waals surface area contributed by atoms with Gasteiger partial charge in [0.25, 0.3) is 0 Å². The summed E-state index contributed by atoms with van der Waals surface area (Å²) in [5.74, 6) is 0. The lowest BCUT2D eigenvalue weighted by Gasteiger charge is -2.41. The molecule has 1 atom stereocenters. The first-order valence-electron chi connectivity index (χ1n) is 7.21. The van der Waals surface area contributed by atoms with Crippen LogP contribution in [0.4, 0.5) is 18.0 Å². The van der Waals surface area contributed by atoms with Crippen LogP contribution in [0.3, 0.4) is 0 Å². The van der Waals surface area contributed by atoms with Crippen LogP contribution < -0.4 is 0 Å². The lowest BCUT2D eigenvalue weighted by atomic mass is 9.79. The van der Waals surface area contributed by atoms with Crippen molar-refractivity contribution >= 4 is 11.7 Å². The Balaban J connectivity index is 2.36. The van der Waals surface area contributed by atoms with Crippen molar-refractivity contribution in [2.45, 2.75) is 39.4 Å². The average Bonchev–Trinajstić information content (AvgIpc) is 2.45. The number of rotatable bonds is 1. The molecule has 1 amide bonds. The highest BCUT2D eigenvalue weighted by atomic mass is 19.4. The summed E-state index contributed by atoms with van der Waals surface area (Å²) < 4.78 is 38.5. The molecular weight excluding hydrogens is 309 g/mol. The molecule has 0 aromatic carbocycles. The molecule has 1 aromatic heterocycles. The predicted molar refractivity (Wildman–Crippen MR) is 79.8 cm³/mol. The Morgan fingerprint density at radius 1 is 1.30 bits per heavy atom. The monoisotopic (exact) mass is 328 g/mol. The van der Waals surface area contributed by atoms with E-state index in [4.69, 9.17) is 0 Å². The van der Waals surface area contributed by atoms with Crippen molar-refractivity contribution in [3.05, 3.63) is 35.7 Å².